The standard InChI is InChI=1S/C39H49N9O7/c1-21(2)31(42-38(52)53-5)36(50)48-17-7-9-30(48)35(49)44-33-26-15-14-25(18-27(26)45-46-33)23-10-12-24(13-11-23)28-19-40-34(41-28)29-8-6-16-47(29)37(51)32(22(3)4)43-39-54-20-55-39/h10-15,18-19,21-22,29-32,39,43H,6-9,16-17,20H2,1-5H3,(H,40,41)(H,42,52)(H2,44,45,46,49)/t29-,30-,31-,32-/m0/s1. The third-order valence-electron chi connectivity index (χ3n) is 10.7. The number of nitrogens with zero attached hydrogens (tertiary/aromatic N) is 4. The molecule has 55 heavy (non-hydrogen) atoms. The Morgan fingerprint density at radius 2 is 1.55 bits per heavy atom. The fraction of sp³-hybridized carbons (Fsp3) is 0.487. The van der Waals surface area contributed by atoms with Crippen molar-refractivity contribution in [2.24, 2.45) is 11.8 Å². The van der Waals surface area contributed by atoms with Crippen LogP contribution < -0.4 is 16.0 Å². The highest BCUT2D eigenvalue weighted by atomic mass is 16.9. The van der Waals surface area contributed by atoms with Crippen LogP contribution in [0.4, 0.5) is 10.6 Å². The molecule has 4 aromatic rings. The van der Waals surface area contributed by atoms with Crippen LogP contribution in [0.2, 0.25) is 0 Å². The topological polar surface area (TPSA) is 196 Å². The summed E-state index contributed by atoms with van der Waals surface area (Å²) in [5, 5.41) is 16.9. The SMILES string of the molecule is COC(=O)N[C@H](C(=O)N1CCC[C@H]1C(=O)Nc1n[nH]c2cc(-c3ccc(-c4cnc([C@@H]5CCCN5C(=O)[C@@H](NC5OCO5)C(C)C)[nH]4)cc3)ccc12)C(C)C. The third kappa shape index (κ3) is 7.93. The molecule has 2 aromatic carbocycles. The fourth-order valence-electron chi connectivity index (χ4n) is 7.59. The Hall–Kier alpha value is -5.32. The van der Waals surface area contributed by atoms with Gasteiger partial charge in [-0.3, -0.25) is 24.8 Å². The number of alkyl carbamates (subject to hydrolysis) is 1. The lowest BCUT2D eigenvalue weighted by atomic mass is 10.0. The molecule has 0 unspecified atom stereocenters. The molecule has 16 nitrogen and oxygen atoms in total. The summed E-state index contributed by atoms with van der Waals surface area (Å²) in [6.45, 7) is 8.98. The van der Waals surface area contributed by atoms with Gasteiger partial charge in [-0.1, -0.05) is 58.0 Å². The number of benzene rings is 2. The van der Waals surface area contributed by atoms with E-state index in [0.717, 1.165) is 52.0 Å². The Kier molecular flexibility index (Phi) is 11.2. The van der Waals surface area contributed by atoms with Crippen LogP contribution >= 0.6 is 0 Å². The summed E-state index contributed by atoms with van der Waals surface area (Å²) < 4.78 is 15.4. The van der Waals surface area contributed by atoms with Crippen LogP contribution in [0.5, 0.6) is 0 Å². The predicted molar refractivity (Wildman–Crippen MR) is 203 cm³/mol. The van der Waals surface area contributed by atoms with E-state index in [2.05, 4.69) is 31.1 Å². The first-order valence-corrected chi connectivity index (χ1v) is 18.9. The van der Waals surface area contributed by atoms with Gasteiger partial charge < -0.3 is 39.6 Å². The summed E-state index contributed by atoms with van der Waals surface area (Å²) in [6, 6.07) is 11.9. The van der Waals surface area contributed by atoms with Gasteiger partial charge >= 0.3 is 6.09 Å². The molecule has 5 heterocycles. The van der Waals surface area contributed by atoms with E-state index in [0.29, 0.717) is 31.7 Å². The Bertz CT molecular complexity index is 2020. The van der Waals surface area contributed by atoms with Gasteiger partial charge in [0.15, 0.2) is 12.6 Å². The van der Waals surface area contributed by atoms with Crippen LogP contribution in [0, 0.1) is 11.8 Å². The zero-order valence-corrected chi connectivity index (χ0v) is 31.8. The summed E-state index contributed by atoms with van der Waals surface area (Å²) in [4.78, 5) is 64.1. The molecule has 16 heteroatoms. The summed E-state index contributed by atoms with van der Waals surface area (Å²) in [6.07, 6.45) is 3.46. The molecular weight excluding hydrogens is 706 g/mol. The number of fused-ring (bicyclic) bond motifs is 1. The maximum absolute atomic E-state index is 13.6. The summed E-state index contributed by atoms with van der Waals surface area (Å²) in [7, 11) is 1.25. The molecular formula is C39H49N9O7. The highest BCUT2D eigenvalue weighted by Gasteiger charge is 2.40. The van der Waals surface area contributed by atoms with E-state index in [1.807, 2.05) is 81.3 Å². The summed E-state index contributed by atoms with van der Waals surface area (Å²) in [5.74, 6) is 0.360. The van der Waals surface area contributed by atoms with Crippen LogP contribution in [0.3, 0.4) is 0 Å². The number of likely N-dealkylation sites (tertiary alicyclic amines) is 2. The first-order valence-electron chi connectivity index (χ1n) is 18.9. The van der Waals surface area contributed by atoms with Crippen molar-refractivity contribution in [2.75, 3.05) is 32.3 Å². The molecule has 4 atom stereocenters. The molecule has 0 saturated carbocycles. The summed E-state index contributed by atoms with van der Waals surface area (Å²) in [5.41, 5.74) is 4.52. The third-order valence-corrected chi connectivity index (χ3v) is 10.7. The van der Waals surface area contributed by atoms with E-state index in [4.69, 9.17) is 19.2 Å². The van der Waals surface area contributed by atoms with Gasteiger partial charge in [0.1, 0.15) is 17.9 Å². The highest BCUT2D eigenvalue weighted by molar-refractivity contribution is 6.04. The van der Waals surface area contributed by atoms with Gasteiger partial charge in [-0.2, -0.15) is 5.10 Å². The number of nitrogens with one attached hydrogen (secondary N) is 5. The first kappa shape index (κ1) is 38.0. The number of carbonyl (C=O) groups is 4. The van der Waals surface area contributed by atoms with Gasteiger partial charge in [-0.25, -0.2) is 9.78 Å². The second kappa shape index (κ2) is 16.2. The zero-order valence-electron chi connectivity index (χ0n) is 31.8. The van der Waals surface area contributed by atoms with Crippen molar-refractivity contribution >= 4 is 40.5 Å². The van der Waals surface area contributed by atoms with Gasteiger partial charge in [-0.15, -0.1) is 0 Å². The largest absolute Gasteiger partial charge is 0.453 e. The van der Waals surface area contributed by atoms with Crippen LogP contribution in [0.15, 0.2) is 48.7 Å². The van der Waals surface area contributed by atoms with Crippen molar-refractivity contribution < 1.29 is 33.4 Å². The number of carbonyl (C=O) groups excluding carboxylic acids is 4. The highest BCUT2D eigenvalue weighted by Crippen LogP contribution is 2.34. The first-order chi connectivity index (χ1) is 26.5. The number of aromatic nitrogens is 4. The zero-order chi connectivity index (χ0) is 38.8. The van der Waals surface area contributed by atoms with Crippen LogP contribution in [0.1, 0.15) is 65.2 Å². The van der Waals surface area contributed by atoms with Gasteiger partial charge in [-0.05, 0) is 66.3 Å². The van der Waals surface area contributed by atoms with Crippen molar-refractivity contribution in [3.63, 3.8) is 0 Å². The lowest BCUT2D eigenvalue weighted by molar-refractivity contribution is -0.335. The fourth-order valence-corrected chi connectivity index (χ4v) is 7.59. The van der Waals surface area contributed by atoms with Crippen molar-refractivity contribution in [2.45, 2.75) is 84.0 Å². The minimum Gasteiger partial charge on any atom is -0.453 e. The van der Waals surface area contributed by atoms with E-state index in [-0.39, 0.29) is 42.4 Å². The molecule has 3 saturated heterocycles. The van der Waals surface area contributed by atoms with E-state index < -0.39 is 30.6 Å². The number of ether oxygens (including phenoxy) is 3. The maximum atomic E-state index is 13.6. The molecule has 7 rings (SSSR count). The smallest absolute Gasteiger partial charge is 0.407 e. The predicted octanol–water partition coefficient (Wildman–Crippen LogP) is 4.50. The Labute approximate surface area is 319 Å². The van der Waals surface area contributed by atoms with Gasteiger partial charge in [0, 0.05) is 18.5 Å². The molecule has 292 valence electrons. The second-order valence-electron chi connectivity index (χ2n) is 15.0. The molecule has 3 aliphatic rings. The molecule has 0 bridgehead atoms. The van der Waals surface area contributed by atoms with E-state index in [1.165, 1.54) is 12.0 Å². The number of methoxy groups -OCH3 is 1. The van der Waals surface area contributed by atoms with E-state index >= 15 is 0 Å². The molecule has 4 amide bonds. The minimum atomic E-state index is -0.814. The van der Waals surface area contributed by atoms with Crippen LogP contribution in [0.25, 0.3) is 33.3 Å². The molecule has 5 N–H and O–H groups in total. The molecule has 0 aliphatic carbocycles. The Morgan fingerprint density at radius 3 is 2.24 bits per heavy atom. The van der Waals surface area contributed by atoms with Crippen molar-refractivity contribution in [3.8, 4) is 22.4 Å². The maximum Gasteiger partial charge on any atom is 0.407 e. The minimum absolute atomic E-state index is 0.0150. The second-order valence-corrected chi connectivity index (χ2v) is 15.0. The van der Waals surface area contributed by atoms with E-state index in [9.17, 15) is 19.2 Å². The number of imidazole rings is 1. The van der Waals surface area contributed by atoms with Crippen molar-refractivity contribution in [1.82, 2.24) is 40.6 Å². The average Bonchev–Trinajstić information content (AvgIpc) is 3.99. The molecule has 2 aromatic heterocycles. The van der Waals surface area contributed by atoms with Crippen molar-refractivity contribution in [3.05, 3.63) is 54.5 Å². The normalized spacial score (nSPS) is 19.8. The van der Waals surface area contributed by atoms with Gasteiger partial charge in [0.05, 0.1) is 36.6 Å². The summed E-state index contributed by atoms with van der Waals surface area (Å²) >= 11 is 0. The van der Waals surface area contributed by atoms with Crippen LogP contribution in [-0.4, -0.2) is 105 Å². The lowest BCUT2D eigenvalue weighted by Gasteiger charge is -2.35. The average molecular weight is 756 g/mol. The molecule has 3 aliphatic heterocycles. The van der Waals surface area contributed by atoms with Crippen LogP contribution in [-0.2, 0) is 28.6 Å². The lowest BCUT2D eigenvalue weighted by Crippen LogP contribution is -2.56. The molecule has 3 fully saturated rings. The Balaban J connectivity index is 1.00. The number of anilines is 1. The quantitative estimate of drug-likeness (QED) is 0.137. The number of hydrogen-bond donors (Lipinski definition) is 5. The number of H-pyrrole nitrogens is 2. The van der Waals surface area contributed by atoms with Crippen molar-refractivity contribution in [1.29, 1.82) is 0 Å². The molecule has 0 spiro atoms. The van der Waals surface area contributed by atoms with E-state index in [1.54, 1.807) is 0 Å². The number of hydrogen-bond acceptors (Lipinski definition) is 10. The number of amides is 4. The van der Waals surface area contributed by atoms with Gasteiger partial charge in [0.25, 0.3) is 0 Å². The van der Waals surface area contributed by atoms with Gasteiger partial charge in [0.2, 0.25) is 24.1 Å². The number of aromatic amines is 2. The Morgan fingerprint density at radius 1 is 0.873 bits per heavy atom. The molecule has 0 radical (unpaired) electrons. The number of rotatable bonds is 12. The monoisotopic (exact) mass is 755 g/mol.